The molecule has 120 valence electrons. The first-order valence-corrected chi connectivity index (χ1v) is 8.47. The summed E-state index contributed by atoms with van der Waals surface area (Å²) in [6.45, 7) is 1.97. The summed E-state index contributed by atoms with van der Waals surface area (Å²) < 4.78 is 0.948. The van der Waals surface area contributed by atoms with Gasteiger partial charge in [-0.25, -0.2) is 0 Å². The quantitative estimate of drug-likeness (QED) is 0.691. The van der Waals surface area contributed by atoms with Crippen LogP contribution in [0.25, 0.3) is 11.1 Å². The van der Waals surface area contributed by atoms with Crippen LogP contribution in [0.3, 0.4) is 0 Å². The lowest BCUT2D eigenvalue weighted by molar-refractivity contribution is -0.115. The summed E-state index contributed by atoms with van der Waals surface area (Å²) in [7, 11) is 0. The third-order valence-corrected chi connectivity index (χ3v) is 4.48. The van der Waals surface area contributed by atoms with E-state index in [4.69, 9.17) is 0 Å². The maximum atomic E-state index is 12.2. The number of carbonyl (C=O) groups excluding carboxylic acids is 1. The van der Waals surface area contributed by atoms with Gasteiger partial charge in [0.05, 0.1) is 6.42 Å². The summed E-state index contributed by atoms with van der Waals surface area (Å²) in [6.07, 6.45) is 2.14. The molecule has 0 bridgehead atoms. The average Bonchev–Trinajstić information content (AvgIpc) is 2.58. The lowest BCUT2D eigenvalue weighted by Crippen LogP contribution is -2.14. The molecule has 0 atom stereocenters. The second-order valence-corrected chi connectivity index (χ2v) is 6.43. The highest BCUT2D eigenvalue weighted by Gasteiger charge is 2.07. The Morgan fingerprint density at radius 1 is 1.04 bits per heavy atom. The monoisotopic (exact) mass is 380 g/mol. The molecule has 1 amide bonds. The van der Waals surface area contributed by atoms with Gasteiger partial charge in [-0.1, -0.05) is 46.3 Å². The zero-order valence-electron chi connectivity index (χ0n) is 13.3. The molecule has 1 N–H and O–H groups in total. The Balaban J connectivity index is 1.68. The van der Waals surface area contributed by atoms with Gasteiger partial charge < -0.3 is 5.32 Å². The van der Waals surface area contributed by atoms with Crippen LogP contribution in [0.5, 0.6) is 0 Å². The molecule has 3 aromatic rings. The predicted molar refractivity (Wildman–Crippen MR) is 101 cm³/mol. The zero-order chi connectivity index (χ0) is 16.9. The fourth-order valence-electron chi connectivity index (χ4n) is 2.49. The van der Waals surface area contributed by atoms with Crippen LogP contribution in [0.15, 0.2) is 71.3 Å². The SMILES string of the molecule is Cc1cc(-c2ccc(NC(=O)Cc3ccccc3Br)cc2)ccn1. The minimum Gasteiger partial charge on any atom is -0.326 e. The smallest absolute Gasteiger partial charge is 0.228 e. The summed E-state index contributed by atoms with van der Waals surface area (Å²) in [5.41, 5.74) is 4.97. The van der Waals surface area contributed by atoms with Gasteiger partial charge in [-0.2, -0.15) is 0 Å². The molecule has 0 aliphatic carbocycles. The summed E-state index contributed by atoms with van der Waals surface area (Å²) in [6, 6.07) is 19.6. The zero-order valence-corrected chi connectivity index (χ0v) is 14.9. The maximum absolute atomic E-state index is 12.2. The minimum atomic E-state index is -0.0330. The van der Waals surface area contributed by atoms with Crippen LogP contribution in [0.2, 0.25) is 0 Å². The largest absolute Gasteiger partial charge is 0.326 e. The van der Waals surface area contributed by atoms with Crippen molar-refractivity contribution in [2.45, 2.75) is 13.3 Å². The molecule has 3 nitrogen and oxygen atoms in total. The predicted octanol–water partition coefficient (Wildman–Crippen LogP) is 5.00. The van der Waals surface area contributed by atoms with Crippen LogP contribution >= 0.6 is 15.9 Å². The molecular weight excluding hydrogens is 364 g/mol. The third kappa shape index (κ3) is 4.09. The van der Waals surface area contributed by atoms with E-state index in [-0.39, 0.29) is 5.91 Å². The molecule has 24 heavy (non-hydrogen) atoms. The summed E-state index contributed by atoms with van der Waals surface area (Å²) >= 11 is 3.47. The van der Waals surface area contributed by atoms with Gasteiger partial charge in [0.15, 0.2) is 0 Å². The van der Waals surface area contributed by atoms with Crippen molar-refractivity contribution in [2.75, 3.05) is 5.32 Å². The molecule has 0 fully saturated rings. The lowest BCUT2D eigenvalue weighted by Gasteiger charge is -2.08. The van der Waals surface area contributed by atoms with E-state index in [0.717, 1.165) is 32.5 Å². The van der Waals surface area contributed by atoms with Crippen LogP contribution in [0.1, 0.15) is 11.3 Å². The van der Waals surface area contributed by atoms with E-state index in [1.807, 2.05) is 67.6 Å². The standard InChI is InChI=1S/C20H17BrN2O/c1-14-12-16(10-11-22-14)15-6-8-18(9-7-15)23-20(24)13-17-4-2-3-5-19(17)21/h2-12H,13H2,1H3,(H,23,24). The summed E-state index contributed by atoms with van der Waals surface area (Å²) in [5.74, 6) is -0.0330. The topological polar surface area (TPSA) is 42.0 Å². The van der Waals surface area contributed by atoms with Crippen LogP contribution in [-0.2, 0) is 11.2 Å². The molecular formula is C20H17BrN2O. The molecule has 3 rings (SSSR count). The van der Waals surface area contributed by atoms with E-state index >= 15 is 0 Å². The number of hydrogen-bond acceptors (Lipinski definition) is 2. The molecule has 0 radical (unpaired) electrons. The first-order chi connectivity index (χ1) is 11.6. The number of nitrogens with one attached hydrogen (secondary N) is 1. The van der Waals surface area contributed by atoms with E-state index in [1.165, 1.54) is 0 Å². The highest BCUT2D eigenvalue weighted by Crippen LogP contribution is 2.22. The van der Waals surface area contributed by atoms with Crippen molar-refractivity contribution in [1.82, 2.24) is 4.98 Å². The summed E-state index contributed by atoms with van der Waals surface area (Å²) in [4.78, 5) is 16.4. The van der Waals surface area contributed by atoms with Crippen LogP contribution in [0.4, 0.5) is 5.69 Å². The van der Waals surface area contributed by atoms with Gasteiger partial charge >= 0.3 is 0 Å². The van der Waals surface area contributed by atoms with Crippen LogP contribution in [-0.4, -0.2) is 10.9 Å². The van der Waals surface area contributed by atoms with E-state index in [9.17, 15) is 4.79 Å². The second kappa shape index (κ2) is 7.41. The van der Waals surface area contributed by atoms with E-state index < -0.39 is 0 Å². The number of amides is 1. The Labute approximate surface area is 149 Å². The van der Waals surface area contributed by atoms with Crippen molar-refractivity contribution in [1.29, 1.82) is 0 Å². The van der Waals surface area contributed by atoms with Gasteiger partial charge in [-0.05, 0) is 53.9 Å². The van der Waals surface area contributed by atoms with Gasteiger partial charge in [0.2, 0.25) is 5.91 Å². The number of benzene rings is 2. The number of aromatic nitrogens is 1. The molecule has 0 aliphatic heterocycles. The van der Waals surface area contributed by atoms with Crippen LogP contribution < -0.4 is 5.32 Å². The molecule has 1 aromatic heterocycles. The Bertz CT molecular complexity index is 860. The van der Waals surface area contributed by atoms with E-state index in [1.54, 1.807) is 6.20 Å². The number of nitrogens with zero attached hydrogens (tertiary/aromatic N) is 1. The average molecular weight is 381 g/mol. The highest BCUT2D eigenvalue weighted by molar-refractivity contribution is 9.10. The molecule has 0 spiro atoms. The normalized spacial score (nSPS) is 10.4. The second-order valence-electron chi connectivity index (χ2n) is 5.58. The van der Waals surface area contributed by atoms with Crippen molar-refractivity contribution in [2.24, 2.45) is 0 Å². The molecule has 4 heteroatoms. The molecule has 0 aliphatic rings. The van der Waals surface area contributed by atoms with Crippen molar-refractivity contribution in [3.8, 4) is 11.1 Å². The van der Waals surface area contributed by atoms with Crippen molar-refractivity contribution < 1.29 is 4.79 Å². The van der Waals surface area contributed by atoms with Crippen molar-refractivity contribution in [3.63, 3.8) is 0 Å². The fourth-order valence-corrected chi connectivity index (χ4v) is 2.92. The number of anilines is 1. The Morgan fingerprint density at radius 3 is 2.50 bits per heavy atom. The molecule has 2 aromatic carbocycles. The number of carbonyl (C=O) groups is 1. The first kappa shape index (κ1) is 16.4. The van der Waals surface area contributed by atoms with Gasteiger partial charge in [0, 0.05) is 22.1 Å². The third-order valence-electron chi connectivity index (χ3n) is 3.71. The van der Waals surface area contributed by atoms with Crippen LogP contribution in [0, 0.1) is 6.92 Å². The Hall–Kier alpha value is -2.46. The maximum Gasteiger partial charge on any atom is 0.228 e. The number of pyridine rings is 1. The van der Waals surface area contributed by atoms with E-state index in [0.29, 0.717) is 6.42 Å². The minimum absolute atomic E-state index is 0.0330. The summed E-state index contributed by atoms with van der Waals surface area (Å²) in [5, 5.41) is 2.94. The number of aryl methyl sites for hydroxylation is 1. The van der Waals surface area contributed by atoms with Gasteiger partial charge in [-0.15, -0.1) is 0 Å². The first-order valence-electron chi connectivity index (χ1n) is 7.68. The molecule has 1 heterocycles. The molecule has 0 unspecified atom stereocenters. The van der Waals surface area contributed by atoms with Crippen molar-refractivity contribution >= 4 is 27.5 Å². The molecule has 0 saturated heterocycles. The lowest BCUT2D eigenvalue weighted by atomic mass is 10.1. The van der Waals surface area contributed by atoms with Crippen molar-refractivity contribution in [3.05, 3.63) is 82.6 Å². The Kier molecular flexibility index (Phi) is 5.06. The fraction of sp³-hybridized carbons (Fsp3) is 0.100. The molecule has 0 saturated carbocycles. The van der Waals surface area contributed by atoms with Gasteiger partial charge in [0.25, 0.3) is 0 Å². The number of hydrogen-bond donors (Lipinski definition) is 1. The highest BCUT2D eigenvalue weighted by atomic mass is 79.9. The number of halogens is 1. The van der Waals surface area contributed by atoms with Gasteiger partial charge in [0.1, 0.15) is 0 Å². The van der Waals surface area contributed by atoms with Gasteiger partial charge in [-0.3, -0.25) is 9.78 Å². The van der Waals surface area contributed by atoms with E-state index in [2.05, 4.69) is 26.2 Å². The number of rotatable bonds is 4. The Morgan fingerprint density at radius 2 is 1.79 bits per heavy atom.